The summed E-state index contributed by atoms with van der Waals surface area (Å²) in [6.45, 7) is 1.76. The SMILES string of the molecule is Cc1ccc(Sc2ccc(Cl)nn2)cc1C(=O)O. The molecule has 92 valence electrons. The first-order chi connectivity index (χ1) is 8.56. The Labute approximate surface area is 113 Å². The van der Waals surface area contributed by atoms with E-state index in [2.05, 4.69) is 10.2 Å². The molecule has 0 aliphatic rings. The van der Waals surface area contributed by atoms with Crippen LogP contribution in [0.1, 0.15) is 15.9 Å². The maximum atomic E-state index is 11.0. The van der Waals surface area contributed by atoms with Gasteiger partial charge in [-0.1, -0.05) is 29.4 Å². The Morgan fingerprint density at radius 2 is 2.06 bits per heavy atom. The van der Waals surface area contributed by atoms with Gasteiger partial charge >= 0.3 is 5.97 Å². The number of halogens is 1. The van der Waals surface area contributed by atoms with Crippen LogP contribution in [0.4, 0.5) is 0 Å². The summed E-state index contributed by atoms with van der Waals surface area (Å²) in [6.07, 6.45) is 0. The molecule has 0 radical (unpaired) electrons. The lowest BCUT2D eigenvalue weighted by molar-refractivity contribution is 0.0696. The van der Waals surface area contributed by atoms with E-state index in [1.165, 1.54) is 11.8 Å². The second kappa shape index (κ2) is 5.37. The van der Waals surface area contributed by atoms with Crippen LogP contribution in [0.2, 0.25) is 5.15 Å². The summed E-state index contributed by atoms with van der Waals surface area (Å²) in [5.41, 5.74) is 1.02. The van der Waals surface area contributed by atoms with Crippen molar-refractivity contribution in [2.45, 2.75) is 16.8 Å². The smallest absolute Gasteiger partial charge is 0.335 e. The van der Waals surface area contributed by atoms with Gasteiger partial charge in [0.15, 0.2) is 5.15 Å². The third-order valence-electron chi connectivity index (χ3n) is 2.27. The van der Waals surface area contributed by atoms with E-state index in [1.807, 2.05) is 6.07 Å². The Bertz CT molecular complexity index is 587. The molecular weight excluding hydrogens is 272 g/mol. The Kier molecular flexibility index (Phi) is 3.84. The van der Waals surface area contributed by atoms with Crippen LogP contribution >= 0.6 is 23.4 Å². The molecule has 0 unspecified atom stereocenters. The largest absolute Gasteiger partial charge is 0.478 e. The van der Waals surface area contributed by atoms with Gasteiger partial charge in [-0.05, 0) is 36.8 Å². The van der Waals surface area contributed by atoms with Crippen molar-refractivity contribution in [2.24, 2.45) is 0 Å². The Balaban J connectivity index is 2.27. The zero-order valence-corrected chi connectivity index (χ0v) is 11.0. The molecule has 1 N–H and O–H groups in total. The molecule has 0 aliphatic carbocycles. The standard InChI is InChI=1S/C12H9ClN2O2S/c1-7-2-3-8(6-9(7)12(16)17)18-11-5-4-10(13)14-15-11/h2-6H,1H3,(H,16,17). The van der Waals surface area contributed by atoms with E-state index < -0.39 is 5.97 Å². The summed E-state index contributed by atoms with van der Waals surface area (Å²) >= 11 is 6.98. The van der Waals surface area contributed by atoms with Crippen molar-refractivity contribution in [3.05, 3.63) is 46.6 Å². The summed E-state index contributed by atoms with van der Waals surface area (Å²) in [7, 11) is 0. The maximum absolute atomic E-state index is 11.0. The van der Waals surface area contributed by atoms with Crippen LogP contribution in [0.5, 0.6) is 0 Å². The van der Waals surface area contributed by atoms with E-state index in [4.69, 9.17) is 16.7 Å². The van der Waals surface area contributed by atoms with Gasteiger partial charge in [-0.15, -0.1) is 10.2 Å². The highest BCUT2D eigenvalue weighted by atomic mass is 35.5. The molecule has 0 bridgehead atoms. The number of rotatable bonds is 3. The van der Waals surface area contributed by atoms with Crippen molar-refractivity contribution in [3.8, 4) is 0 Å². The van der Waals surface area contributed by atoms with Gasteiger partial charge in [0.25, 0.3) is 0 Å². The number of nitrogens with zero attached hydrogens (tertiary/aromatic N) is 2. The molecule has 1 aromatic carbocycles. The molecule has 0 atom stereocenters. The first kappa shape index (κ1) is 12.9. The quantitative estimate of drug-likeness (QED) is 0.935. The normalized spacial score (nSPS) is 10.3. The van der Waals surface area contributed by atoms with Crippen LogP contribution in [0, 0.1) is 6.92 Å². The van der Waals surface area contributed by atoms with Crippen molar-refractivity contribution in [1.29, 1.82) is 0 Å². The second-order valence-electron chi connectivity index (χ2n) is 3.58. The van der Waals surface area contributed by atoms with Crippen LogP contribution < -0.4 is 0 Å². The van der Waals surface area contributed by atoms with Gasteiger partial charge in [0.05, 0.1) is 5.56 Å². The number of hydrogen-bond acceptors (Lipinski definition) is 4. The van der Waals surface area contributed by atoms with Gasteiger partial charge in [-0.25, -0.2) is 4.79 Å². The Hall–Kier alpha value is -1.59. The highest BCUT2D eigenvalue weighted by Crippen LogP contribution is 2.27. The molecular formula is C12H9ClN2O2S. The maximum Gasteiger partial charge on any atom is 0.335 e. The molecule has 18 heavy (non-hydrogen) atoms. The lowest BCUT2D eigenvalue weighted by atomic mass is 10.1. The lowest BCUT2D eigenvalue weighted by Crippen LogP contribution is -1.99. The molecule has 1 aromatic heterocycles. The summed E-state index contributed by atoms with van der Waals surface area (Å²) < 4.78 is 0. The molecule has 0 aliphatic heterocycles. The molecule has 2 aromatic rings. The zero-order chi connectivity index (χ0) is 13.1. The average Bonchev–Trinajstić information content (AvgIpc) is 2.34. The zero-order valence-electron chi connectivity index (χ0n) is 9.42. The van der Waals surface area contributed by atoms with Gasteiger partial charge in [-0.2, -0.15) is 0 Å². The molecule has 0 spiro atoms. The molecule has 4 nitrogen and oxygen atoms in total. The topological polar surface area (TPSA) is 63.1 Å². The van der Waals surface area contributed by atoms with Crippen molar-refractivity contribution in [1.82, 2.24) is 10.2 Å². The number of carbonyl (C=O) groups is 1. The highest BCUT2D eigenvalue weighted by Gasteiger charge is 2.09. The van der Waals surface area contributed by atoms with Gasteiger partial charge in [-0.3, -0.25) is 0 Å². The van der Waals surface area contributed by atoms with Crippen LogP contribution in [-0.4, -0.2) is 21.3 Å². The minimum absolute atomic E-state index is 0.293. The number of aromatic nitrogens is 2. The number of aryl methyl sites for hydroxylation is 1. The lowest BCUT2D eigenvalue weighted by Gasteiger charge is -2.04. The van der Waals surface area contributed by atoms with Crippen LogP contribution in [0.25, 0.3) is 0 Å². The third kappa shape index (κ3) is 3.00. The third-order valence-corrected chi connectivity index (χ3v) is 3.39. The first-order valence-electron chi connectivity index (χ1n) is 5.07. The Morgan fingerprint density at radius 1 is 1.28 bits per heavy atom. The van der Waals surface area contributed by atoms with Crippen molar-refractivity contribution in [3.63, 3.8) is 0 Å². The van der Waals surface area contributed by atoms with E-state index in [-0.39, 0.29) is 0 Å². The fraction of sp³-hybridized carbons (Fsp3) is 0.0833. The first-order valence-corrected chi connectivity index (χ1v) is 6.27. The molecule has 1 heterocycles. The summed E-state index contributed by atoms with van der Waals surface area (Å²) in [6, 6.07) is 8.62. The van der Waals surface area contributed by atoms with E-state index in [1.54, 1.807) is 31.2 Å². The number of benzene rings is 1. The minimum Gasteiger partial charge on any atom is -0.478 e. The summed E-state index contributed by atoms with van der Waals surface area (Å²) in [4.78, 5) is 11.8. The van der Waals surface area contributed by atoms with Gasteiger partial charge in [0.1, 0.15) is 5.03 Å². The van der Waals surface area contributed by atoms with Gasteiger partial charge < -0.3 is 5.11 Å². The molecule has 0 saturated carbocycles. The predicted molar refractivity (Wildman–Crippen MR) is 69.3 cm³/mol. The Morgan fingerprint density at radius 3 is 2.67 bits per heavy atom. The van der Waals surface area contributed by atoms with E-state index in [0.717, 1.165) is 10.5 Å². The highest BCUT2D eigenvalue weighted by molar-refractivity contribution is 7.99. The van der Waals surface area contributed by atoms with Crippen LogP contribution in [0.3, 0.4) is 0 Å². The summed E-state index contributed by atoms with van der Waals surface area (Å²) in [5, 5.41) is 17.7. The van der Waals surface area contributed by atoms with Crippen molar-refractivity contribution >= 4 is 29.3 Å². The van der Waals surface area contributed by atoms with E-state index >= 15 is 0 Å². The fourth-order valence-corrected chi connectivity index (χ4v) is 2.25. The fourth-order valence-electron chi connectivity index (χ4n) is 1.37. The number of aromatic carboxylic acids is 1. The summed E-state index contributed by atoms with van der Waals surface area (Å²) in [5.74, 6) is -0.933. The van der Waals surface area contributed by atoms with Crippen LogP contribution in [-0.2, 0) is 0 Å². The number of carboxylic acid groups (broad SMARTS) is 1. The molecule has 0 saturated heterocycles. The molecule has 0 amide bonds. The predicted octanol–water partition coefficient (Wildman–Crippen LogP) is 3.29. The monoisotopic (exact) mass is 280 g/mol. The van der Waals surface area contributed by atoms with Gasteiger partial charge in [0.2, 0.25) is 0 Å². The van der Waals surface area contributed by atoms with Crippen molar-refractivity contribution < 1.29 is 9.90 Å². The molecule has 0 fully saturated rings. The van der Waals surface area contributed by atoms with E-state index in [9.17, 15) is 4.79 Å². The second-order valence-corrected chi connectivity index (χ2v) is 5.06. The number of hydrogen-bond donors (Lipinski definition) is 1. The number of carboxylic acids is 1. The van der Waals surface area contributed by atoms with E-state index in [0.29, 0.717) is 15.7 Å². The molecule has 6 heteroatoms. The molecule has 2 rings (SSSR count). The van der Waals surface area contributed by atoms with Crippen molar-refractivity contribution in [2.75, 3.05) is 0 Å². The minimum atomic E-state index is -0.933. The van der Waals surface area contributed by atoms with Gasteiger partial charge in [0, 0.05) is 4.90 Å². The van der Waals surface area contributed by atoms with Crippen LogP contribution in [0.15, 0.2) is 40.3 Å². The average molecular weight is 281 g/mol.